The number of rotatable bonds is 7. The van der Waals surface area contributed by atoms with Crippen molar-refractivity contribution in [2.45, 2.75) is 65.0 Å². The van der Waals surface area contributed by atoms with Crippen molar-refractivity contribution >= 4 is 11.9 Å². The number of benzene rings is 1. The normalized spacial score (nSPS) is 21.2. The van der Waals surface area contributed by atoms with Crippen LogP contribution in [0, 0.1) is 5.92 Å². The third-order valence-electron chi connectivity index (χ3n) is 4.66. The molecule has 5 nitrogen and oxygen atoms in total. The lowest BCUT2D eigenvalue weighted by atomic mass is 9.86. The first-order valence-electron chi connectivity index (χ1n) is 9.25. The Morgan fingerprint density at radius 3 is 2.52 bits per heavy atom. The summed E-state index contributed by atoms with van der Waals surface area (Å²) < 4.78 is 10.8. The molecular weight excluding hydrogens is 318 g/mol. The highest BCUT2D eigenvalue weighted by Crippen LogP contribution is 2.23. The van der Waals surface area contributed by atoms with E-state index < -0.39 is 12.1 Å². The molecule has 0 spiro atoms. The summed E-state index contributed by atoms with van der Waals surface area (Å²) in [5, 5.41) is 3.02. The average molecular weight is 347 g/mol. The first-order valence-corrected chi connectivity index (χ1v) is 9.25. The highest BCUT2D eigenvalue weighted by atomic mass is 16.5. The minimum Gasteiger partial charge on any atom is -0.494 e. The van der Waals surface area contributed by atoms with Crippen molar-refractivity contribution in [1.29, 1.82) is 0 Å². The van der Waals surface area contributed by atoms with Gasteiger partial charge in [-0.05, 0) is 56.4 Å². The van der Waals surface area contributed by atoms with Crippen LogP contribution in [-0.2, 0) is 9.53 Å². The van der Waals surface area contributed by atoms with Crippen LogP contribution in [0.2, 0.25) is 0 Å². The zero-order chi connectivity index (χ0) is 18.2. The molecule has 0 aromatic heterocycles. The third kappa shape index (κ3) is 5.76. The standard InChI is InChI=1S/C20H29NO4/c1-4-13-24-17-11-9-16(10-12-17)20(23)25-15(3)19(22)21-18-8-6-5-7-14(18)2/h9-12,14-15,18H,4-8,13H2,1-3H3,(H,21,22)/t14-,15-,18+/m0/s1. The predicted octanol–water partition coefficient (Wildman–Crippen LogP) is 3.72. The molecule has 2 rings (SSSR count). The van der Waals surface area contributed by atoms with E-state index in [1.54, 1.807) is 31.2 Å². The fourth-order valence-electron chi connectivity index (χ4n) is 3.02. The van der Waals surface area contributed by atoms with Gasteiger partial charge in [0.25, 0.3) is 5.91 Å². The quantitative estimate of drug-likeness (QED) is 0.764. The SMILES string of the molecule is CCCOc1ccc(C(=O)O[C@@H](C)C(=O)N[C@@H]2CCCC[C@@H]2C)cc1. The van der Waals surface area contributed by atoms with Gasteiger partial charge in [0.05, 0.1) is 12.2 Å². The fourth-order valence-corrected chi connectivity index (χ4v) is 3.02. The second kappa shape index (κ2) is 9.44. The van der Waals surface area contributed by atoms with Gasteiger partial charge in [0.1, 0.15) is 5.75 Å². The summed E-state index contributed by atoms with van der Waals surface area (Å²) in [5.41, 5.74) is 0.412. The van der Waals surface area contributed by atoms with Crippen LogP contribution in [0.1, 0.15) is 63.2 Å². The van der Waals surface area contributed by atoms with Gasteiger partial charge in [-0.15, -0.1) is 0 Å². The number of hydrogen-bond donors (Lipinski definition) is 1. The third-order valence-corrected chi connectivity index (χ3v) is 4.66. The number of carbonyl (C=O) groups is 2. The molecule has 1 fully saturated rings. The molecule has 1 aromatic rings. The molecule has 0 heterocycles. The van der Waals surface area contributed by atoms with Gasteiger partial charge in [-0.3, -0.25) is 4.79 Å². The summed E-state index contributed by atoms with van der Waals surface area (Å²) in [4.78, 5) is 24.5. The molecule has 138 valence electrons. The number of esters is 1. The number of hydrogen-bond acceptors (Lipinski definition) is 4. The smallest absolute Gasteiger partial charge is 0.338 e. The Balaban J connectivity index is 1.85. The monoisotopic (exact) mass is 347 g/mol. The summed E-state index contributed by atoms with van der Waals surface area (Å²) in [5.74, 6) is 0.461. The number of nitrogens with one attached hydrogen (secondary N) is 1. The van der Waals surface area contributed by atoms with E-state index in [0.717, 1.165) is 31.4 Å². The Hall–Kier alpha value is -2.04. The molecule has 3 atom stereocenters. The van der Waals surface area contributed by atoms with E-state index >= 15 is 0 Å². The number of carbonyl (C=O) groups excluding carboxylic acids is 2. The predicted molar refractivity (Wildman–Crippen MR) is 96.7 cm³/mol. The van der Waals surface area contributed by atoms with Crippen molar-refractivity contribution in [3.8, 4) is 5.75 Å². The van der Waals surface area contributed by atoms with Crippen molar-refractivity contribution in [2.24, 2.45) is 5.92 Å². The minimum absolute atomic E-state index is 0.178. The highest BCUT2D eigenvalue weighted by molar-refractivity contribution is 5.92. The first kappa shape index (κ1) is 19.3. The topological polar surface area (TPSA) is 64.6 Å². The van der Waals surface area contributed by atoms with Gasteiger partial charge in [0.15, 0.2) is 6.10 Å². The Morgan fingerprint density at radius 2 is 1.88 bits per heavy atom. The molecule has 1 aromatic carbocycles. The van der Waals surface area contributed by atoms with Crippen LogP contribution in [0.4, 0.5) is 0 Å². The molecule has 1 aliphatic carbocycles. The zero-order valence-corrected chi connectivity index (χ0v) is 15.4. The van der Waals surface area contributed by atoms with E-state index in [9.17, 15) is 9.59 Å². The van der Waals surface area contributed by atoms with Crippen LogP contribution in [-0.4, -0.2) is 30.6 Å². The molecule has 5 heteroatoms. The van der Waals surface area contributed by atoms with Crippen LogP contribution in [0.15, 0.2) is 24.3 Å². The van der Waals surface area contributed by atoms with E-state index in [0.29, 0.717) is 18.1 Å². The van der Waals surface area contributed by atoms with Gasteiger partial charge in [-0.2, -0.15) is 0 Å². The summed E-state index contributed by atoms with van der Waals surface area (Å²) in [6.07, 6.45) is 4.60. The van der Waals surface area contributed by atoms with Crippen molar-refractivity contribution in [2.75, 3.05) is 6.61 Å². The summed E-state index contributed by atoms with van der Waals surface area (Å²) in [7, 11) is 0. The first-order chi connectivity index (χ1) is 12.0. The second-order valence-electron chi connectivity index (χ2n) is 6.80. The Bertz CT molecular complexity index is 570. The van der Waals surface area contributed by atoms with E-state index in [1.165, 1.54) is 6.42 Å². The van der Waals surface area contributed by atoms with Crippen molar-refractivity contribution in [3.63, 3.8) is 0 Å². The molecule has 1 aliphatic rings. The lowest BCUT2D eigenvalue weighted by Gasteiger charge is -2.30. The highest BCUT2D eigenvalue weighted by Gasteiger charge is 2.26. The number of ether oxygens (including phenoxy) is 2. The van der Waals surface area contributed by atoms with E-state index in [2.05, 4.69) is 12.2 Å². The van der Waals surface area contributed by atoms with Crippen LogP contribution >= 0.6 is 0 Å². The maximum Gasteiger partial charge on any atom is 0.338 e. The Labute approximate surface area is 150 Å². The lowest BCUT2D eigenvalue weighted by Crippen LogP contribution is -2.45. The molecule has 1 amide bonds. The molecule has 1 saturated carbocycles. The lowest BCUT2D eigenvalue weighted by molar-refractivity contribution is -0.130. The Kier molecular flexibility index (Phi) is 7.29. The molecule has 25 heavy (non-hydrogen) atoms. The van der Waals surface area contributed by atoms with Crippen molar-refractivity contribution in [3.05, 3.63) is 29.8 Å². The number of amides is 1. The molecular formula is C20H29NO4. The maximum atomic E-state index is 12.3. The molecule has 0 saturated heterocycles. The summed E-state index contributed by atoms with van der Waals surface area (Å²) >= 11 is 0. The van der Waals surface area contributed by atoms with Crippen LogP contribution in [0.5, 0.6) is 5.75 Å². The molecule has 0 unspecified atom stereocenters. The van der Waals surface area contributed by atoms with E-state index in [1.807, 2.05) is 6.92 Å². The van der Waals surface area contributed by atoms with Gasteiger partial charge in [-0.1, -0.05) is 26.7 Å². The van der Waals surface area contributed by atoms with E-state index in [-0.39, 0.29) is 11.9 Å². The molecule has 0 radical (unpaired) electrons. The van der Waals surface area contributed by atoms with Crippen molar-refractivity contribution < 1.29 is 19.1 Å². The minimum atomic E-state index is -0.808. The van der Waals surface area contributed by atoms with Crippen LogP contribution < -0.4 is 10.1 Å². The molecule has 0 bridgehead atoms. The largest absolute Gasteiger partial charge is 0.494 e. The molecule has 0 aliphatic heterocycles. The van der Waals surface area contributed by atoms with Gasteiger partial charge in [-0.25, -0.2) is 4.79 Å². The maximum absolute atomic E-state index is 12.3. The Morgan fingerprint density at radius 1 is 1.20 bits per heavy atom. The van der Waals surface area contributed by atoms with Gasteiger partial charge in [0, 0.05) is 6.04 Å². The van der Waals surface area contributed by atoms with Gasteiger partial charge < -0.3 is 14.8 Å². The van der Waals surface area contributed by atoms with Gasteiger partial charge >= 0.3 is 5.97 Å². The summed E-state index contributed by atoms with van der Waals surface area (Å²) in [6, 6.07) is 6.96. The second-order valence-corrected chi connectivity index (χ2v) is 6.80. The van der Waals surface area contributed by atoms with Crippen molar-refractivity contribution in [1.82, 2.24) is 5.32 Å². The molecule has 1 N–H and O–H groups in total. The zero-order valence-electron chi connectivity index (χ0n) is 15.4. The van der Waals surface area contributed by atoms with Crippen LogP contribution in [0.3, 0.4) is 0 Å². The van der Waals surface area contributed by atoms with Crippen LogP contribution in [0.25, 0.3) is 0 Å². The average Bonchev–Trinajstić information content (AvgIpc) is 2.62. The van der Waals surface area contributed by atoms with Gasteiger partial charge in [0.2, 0.25) is 0 Å². The fraction of sp³-hybridized carbons (Fsp3) is 0.600. The van der Waals surface area contributed by atoms with E-state index in [4.69, 9.17) is 9.47 Å². The summed E-state index contributed by atoms with van der Waals surface area (Å²) in [6.45, 7) is 6.44.